The Morgan fingerprint density at radius 3 is 1.12 bits per heavy atom. The van der Waals surface area contributed by atoms with E-state index in [9.17, 15) is 0 Å². The fourth-order valence-corrected chi connectivity index (χ4v) is 17.7. The maximum Gasteiger partial charge on any atom is 0.252 e. The summed E-state index contributed by atoms with van der Waals surface area (Å²) in [5.41, 5.74) is 32.8. The first-order valence-electron chi connectivity index (χ1n) is 32.7. The third-order valence-electron chi connectivity index (χ3n) is 21.3. The molecule has 2 heterocycles. The molecule has 0 N–H and O–H groups in total. The second kappa shape index (κ2) is 20.3. The van der Waals surface area contributed by atoms with Gasteiger partial charge in [0.1, 0.15) is 0 Å². The van der Waals surface area contributed by atoms with E-state index >= 15 is 0 Å². The lowest BCUT2D eigenvalue weighted by molar-refractivity contribution is 0.660. The minimum absolute atomic E-state index is 0.188. The molecule has 0 unspecified atom stereocenters. The molecule has 0 fully saturated rings. The summed E-state index contributed by atoms with van der Waals surface area (Å²) in [6.45, 7) is 4.65. The summed E-state index contributed by atoms with van der Waals surface area (Å²) in [5, 5.41) is 0. The minimum Gasteiger partial charge on any atom is -0.311 e. The summed E-state index contributed by atoms with van der Waals surface area (Å²) in [4.78, 5) is 7.90. The van der Waals surface area contributed by atoms with Crippen LogP contribution in [0.3, 0.4) is 0 Å². The molecule has 436 valence electrons. The number of fused-ring (bicyclic) bond motifs is 15. The fraction of sp³-hybridized carbons (Fsp3) is 0.0562. The minimum atomic E-state index is -0.632. The molecule has 0 amide bonds. The smallest absolute Gasteiger partial charge is 0.252 e. The summed E-state index contributed by atoms with van der Waals surface area (Å²) in [5.74, 6) is 0. The maximum absolute atomic E-state index is 2.67. The normalized spacial score (nSPS) is 14.8. The molecule has 0 atom stereocenters. The first-order chi connectivity index (χ1) is 46.0. The molecule has 0 aromatic heterocycles. The monoisotopic (exact) mass is 1180 g/mol. The van der Waals surface area contributed by atoms with E-state index in [1.165, 1.54) is 117 Å². The van der Waals surface area contributed by atoms with Crippen molar-refractivity contribution in [2.75, 3.05) is 14.7 Å². The van der Waals surface area contributed by atoms with E-state index in [0.29, 0.717) is 0 Å². The van der Waals surface area contributed by atoms with Gasteiger partial charge in [0, 0.05) is 61.9 Å². The maximum atomic E-state index is 2.67. The highest BCUT2D eigenvalue weighted by Gasteiger charge is 2.54. The third-order valence-corrected chi connectivity index (χ3v) is 21.3. The predicted molar refractivity (Wildman–Crippen MR) is 387 cm³/mol. The molecular weight excluding hydrogens is 1120 g/mol. The lowest BCUT2D eigenvalue weighted by atomic mass is 9.33. The van der Waals surface area contributed by atoms with Gasteiger partial charge in [-0.25, -0.2) is 0 Å². The van der Waals surface area contributed by atoms with Gasteiger partial charge in [0.2, 0.25) is 0 Å². The van der Waals surface area contributed by atoms with Crippen molar-refractivity contribution >= 4 is 74.3 Å². The van der Waals surface area contributed by atoms with Gasteiger partial charge in [-0.3, -0.25) is 0 Å². The molecule has 3 nitrogen and oxygen atoms in total. The Kier molecular flexibility index (Phi) is 11.6. The Hall–Kier alpha value is -11.5. The van der Waals surface area contributed by atoms with Crippen molar-refractivity contribution < 1.29 is 0 Å². The van der Waals surface area contributed by atoms with E-state index in [4.69, 9.17) is 0 Å². The molecule has 2 aliphatic heterocycles. The average Bonchev–Trinajstić information content (AvgIpc) is 1.64. The first-order valence-corrected chi connectivity index (χ1v) is 32.7. The van der Waals surface area contributed by atoms with Crippen molar-refractivity contribution in [3.05, 3.63) is 395 Å². The third kappa shape index (κ3) is 7.26. The van der Waals surface area contributed by atoms with Crippen LogP contribution in [0, 0.1) is 0 Å². The molecule has 14 aromatic carbocycles. The zero-order valence-corrected chi connectivity index (χ0v) is 51.8. The molecule has 0 radical (unpaired) electrons. The Morgan fingerprint density at radius 2 is 0.645 bits per heavy atom. The second-order valence-electron chi connectivity index (χ2n) is 26.1. The van der Waals surface area contributed by atoms with Crippen molar-refractivity contribution in [3.8, 4) is 33.4 Å². The highest BCUT2D eigenvalue weighted by Crippen LogP contribution is 2.64. The van der Waals surface area contributed by atoms with Crippen molar-refractivity contribution in [2.45, 2.75) is 30.1 Å². The SMILES string of the molecule is CC1(C)c2ccccc2-c2c1ccc1c2N(c2ccccc2)c2cc(N(c3ccccc3)c3cccc4c3-c3ccccc3C4(c3ccccc3)c3ccccc3)cc3c2B1c1ccc2c(c1N3c1ccccc1)-c1ccccc1C2(c1ccccc1)c1ccccc1. The van der Waals surface area contributed by atoms with E-state index in [-0.39, 0.29) is 12.1 Å². The number of rotatable bonds is 9. The molecule has 4 heteroatoms. The molecule has 0 spiro atoms. The fourth-order valence-electron chi connectivity index (χ4n) is 17.7. The number of hydrogen-bond acceptors (Lipinski definition) is 3. The summed E-state index contributed by atoms with van der Waals surface area (Å²) in [6, 6.07) is 128. The van der Waals surface area contributed by atoms with Gasteiger partial charge in [0.25, 0.3) is 6.71 Å². The molecule has 14 aromatic rings. The van der Waals surface area contributed by atoms with Crippen LogP contribution >= 0.6 is 0 Å². The van der Waals surface area contributed by atoms with Gasteiger partial charge < -0.3 is 14.7 Å². The quantitative estimate of drug-likeness (QED) is 0.133. The molecule has 5 aliphatic rings. The number of hydrogen-bond donors (Lipinski definition) is 0. The highest BCUT2D eigenvalue weighted by molar-refractivity contribution is 7.00. The van der Waals surface area contributed by atoms with Gasteiger partial charge in [-0.2, -0.15) is 0 Å². The summed E-state index contributed by atoms with van der Waals surface area (Å²) >= 11 is 0. The van der Waals surface area contributed by atoms with Crippen LogP contribution < -0.4 is 31.1 Å². The highest BCUT2D eigenvalue weighted by atomic mass is 15.2. The zero-order chi connectivity index (χ0) is 61.6. The standard InChI is InChI=1S/C89H62BN3/c1-87(2)70-48-27-24-45-67(70)82-73(87)53-55-76-85(82)92(64-41-20-8-21-42-64)79-57-66(91(63-39-18-7-19-40-63)78-52-30-51-74-81(78)68-46-25-28-49-71(68)88(74,59-31-10-3-11-32-59)60-33-12-4-13-34-60)58-80-84(79)90(76)77-56-54-75-83(86(77)93(80)65-43-22-9-23-44-65)69-47-26-29-50-72(69)89(75,61-35-14-5-15-36-61)62-37-16-6-17-38-62/h3-58H,1-2H3. The topological polar surface area (TPSA) is 9.72 Å². The van der Waals surface area contributed by atoms with Gasteiger partial charge in [0.15, 0.2) is 0 Å². The number of anilines is 9. The first kappa shape index (κ1) is 53.4. The van der Waals surface area contributed by atoms with Crippen LogP contribution in [0.1, 0.15) is 69.5 Å². The molecular formula is C89H62BN3. The lowest BCUT2D eigenvalue weighted by Gasteiger charge is -2.46. The van der Waals surface area contributed by atoms with Gasteiger partial charge in [-0.15, -0.1) is 0 Å². The van der Waals surface area contributed by atoms with Crippen LogP contribution in [0.4, 0.5) is 51.2 Å². The Morgan fingerprint density at radius 1 is 0.290 bits per heavy atom. The van der Waals surface area contributed by atoms with E-state index in [1.807, 2.05) is 0 Å². The Labute approximate surface area is 544 Å². The van der Waals surface area contributed by atoms with Crippen molar-refractivity contribution in [1.29, 1.82) is 0 Å². The van der Waals surface area contributed by atoms with Gasteiger partial charge >= 0.3 is 0 Å². The summed E-state index contributed by atoms with van der Waals surface area (Å²) < 4.78 is 0. The largest absolute Gasteiger partial charge is 0.311 e. The van der Waals surface area contributed by atoms with Crippen LogP contribution in [0.2, 0.25) is 0 Å². The van der Waals surface area contributed by atoms with Crippen molar-refractivity contribution in [1.82, 2.24) is 0 Å². The van der Waals surface area contributed by atoms with Crippen LogP contribution in [0.15, 0.2) is 340 Å². The molecule has 0 bridgehead atoms. The predicted octanol–water partition coefficient (Wildman–Crippen LogP) is 20.3. The molecule has 93 heavy (non-hydrogen) atoms. The number of nitrogens with zero attached hydrogens (tertiary/aromatic N) is 3. The molecule has 0 saturated heterocycles. The van der Waals surface area contributed by atoms with Gasteiger partial charge in [-0.05, 0) is 143 Å². The van der Waals surface area contributed by atoms with Gasteiger partial charge in [-0.1, -0.05) is 299 Å². The van der Waals surface area contributed by atoms with Crippen LogP contribution in [-0.4, -0.2) is 6.71 Å². The zero-order valence-electron chi connectivity index (χ0n) is 51.8. The lowest BCUT2D eigenvalue weighted by Crippen LogP contribution is -2.61. The van der Waals surface area contributed by atoms with E-state index in [1.54, 1.807) is 0 Å². The van der Waals surface area contributed by atoms with Crippen LogP contribution in [0.5, 0.6) is 0 Å². The van der Waals surface area contributed by atoms with E-state index in [0.717, 1.165) is 39.8 Å². The molecule has 3 aliphatic carbocycles. The van der Waals surface area contributed by atoms with E-state index < -0.39 is 10.8 Å². The van der Waals surface area contributed by atoms with Crippen LogP contribution in [-0.2, 0) is 16.2 Å². The Balaban J connectivity index is 0.977. The van der Waals surface area contributed by atoms with Crippen molar-refractivity contribution in [3.63, 3.8) is 0 Å². The summed E-state index contributed by atoms with van der Waals surface area (Å²) in [7, 11) is 0. The Bertz CT molecular complexity index is 5220. The van der Waals surface area contributed by atoms with Gasteiger partial charge in [0.05, 0.1) is 22.2 Å². The summed E-state index contributed by atoms with van der Waals surface area (Å²) in [6.07, 6.45) is 0. The average molecular weight is 1180 g/mol. The van der Waals surface area contributed by atoms with E-state index in [2.05, 4.69) is 368 Å². The second-order valence-corrected chi connectivity index (χ2v) is 26.1. The van der Waals surface area contributed by atoms with Crippen molar-refractivity contribution in [2.24, 2.45) is 0 Å². The number of benzene rings is 14. The molecule has 0 saturated carbocycles. The molecule has 19 rings (SSSR count). The number of para-hydroxylation sites is 3. The van der Waals surface area contributed by atoms with Crippen LogP contribution in [0.25, 0.3) is 33.4 Å².